The molecule has 61 heavy (non-hydrogen) atoms. The molecule has 6 aliphatic heterocycles. The monoisotopic (exact) mass is 904 g/mol. The molecule has 6 aromatic rings. The maximum Gasteiger partial charge on any atom is 0.404 e. The van der Waals surface area contributed by atoms with E-state index in [-0.39, 0.29) is 0 Å². The maximum atomic E-state index is 9.08. The average Bonchev–Trinajstić information content (AvgIpc) is 3.94. The number of benzene rings is 4. The molecule has 0 unspecified atom stereocenters. The molecule has 1 spiro atoms. The van der Waals surface area contributed by atoms with Gasteiger partial charge in [-0.05, 0) is 48.5 Å². The number of rotatable bonds is 4. The first-order valence-corrected chi connectivity index (χ1v) is 23.3. The molecule has 0 N–H and O–H groups in total. The van der Waals surface area contributed by atoms with Crippen LogP contribution in [0.1, 0.15) is 22.3 Å². The van der Waals surface area contributed by atoms with Crippen LogP contribution < -0.4 is 21.5 Å². The van der Waals surface area contributed by atoms with Gasteiger partial charge in [0, 0.05) is 70.7 Å². The first-order chi connectivity index (χ1) is 29.2. The van der Waals surface area contributed by atoms with Crippen molar-refractivity contribution in [1.29, 1.82) is 0 Å². The molecule has 20 nitrogen and oxygen atoms in total. The molecular formula is C37H28N8O12S4-2. The molecule has 8 heterocycles. The Labute approximate surface area is 354 Å². The number of aromatic nitrogens is 2. The van der Waals surface area contributed by atoms with Gasteiger partial charge in [-0.25, -0.2) is 16.8 Å². The lowest BCUT2D eigenvalue weighted by molar-refractivity contribution is -0.790. The molecule has 0 amide bonds. The Hall–Kier alpha value is -5.48. The number of fused-ring (bicyclic) bond motifs is 12. The SMILES string of the molecule is CS(=O)(=O)[O-].CS(=O)(=O)[O-].CSOO[O-].CSOO[O-].c1ccc2c(c1)C1=Nc3c4ccccc4c4n3C35n6c(c7ccccc7c6=NC6=[N+]3C(=N4)c3ccccc36)=NC2=[N+]15. The predicted molar refractivity (Wildman–Crippen MR) is 216 cm³/mol. The van der Waals surface area contributed by atoms with Crippen molar-refractivity contribution >= 4 is 101 Å². The summed E-state index contributed by atoms with van der Waals surface area (Å²) in [5.41, 5.74) is 6.13. The normalized spacial score (nSPS) is 15.7. The van der Waals surface area contributed by atoms with Gasteiger partial charge < -0.3 is 19.6 Å². The van der Waals surface area contributed by atoms with E-state index < -0.39 is 26.1 Å². The summed E-state index contributed by atoms with van der Waals surface area (Å²) in [5.74, 6) is 4.46. The first kappa shape index (κ1) is 42.2. The molecule has 0 atom stereocenters. The highest BCUT2D eigenvalue weighted by Crippen LogP contribution is 2.52. The molecule has 0 bridgehead atoms. The minimum absolute atomic E-state index is 0.604. The van der Waals surface area contributed by atoms with Crippen LogP contribution in [0.5, 0.6) is 0 Å². The van der Waals surface area contributed by atoms with Crippen LogP contribution in [0, 0.1) is 0 Å². The van der Waals surface area contributed by atoms with Gasteiger partial charge >= 0.3 is 5.91 Å². The van der Waals surface area contributed by atoms with Gasteiger partial charge in [-0.15, -0.1) is 9.15 Å². The van der Waals surface area contributed by atoms with E-state index in [1.807, 2.05) is 0 Å². The summed E-state index contributed by atoms with van der Waals surface area (Å²) in [6.45, 7) is 0. The van der Waals surface area contributed by atoms with Crippen molar-refractivity contribution in [3.63, 3.8) is 0 Å². The maximum absolute atomic E-state index is 9.08. The van der Waals surface area contributed by atoms with Gasteiger partial charge in [0.15, 0.2) is 0 Å². The van der Waals surface area contributed by atoms with Crippen molar-refractivity contribution in [2.75, 3.05) is 25.0 Å². The molecule has 0 aliphatic carbocycles. The Balaban J connectivity index is 0.000000218. The van der Waals surface area contributed by atoms with E-state index in [0.29, 0.717) is 12.5 Å². The lowest BCUT2D eigenvalue weighted by Gasteiger charge is -2.40. The van der Waals surface area contributed by atoms with Crippen LogP contribution in [0.4, 0.5) is 11.6 Å². The van der Waals surface area contributed by atoms with Gasteiger partial charge in [0.25, 0.3) is 23.3 Å². The third-order valence-corrected chi connectivity index (χ3v) is 9.95. The summed E-state index contributed by atoms with van der Waals surface area (Å²) in [7, 11) is -7.83. The van der Waals surface area contributed by atoms with Crippen LogP contribution >= 0.6 is 24.1 Å². The third-order valence-electron chi connectivity index (χ3n) is 9.57. The second-order valence-corrected chi connectivity index (χ2v) is 16.9. The number of amidine groups is 4. The summed E-state index contributed by atoms with van der Waals surface area (Å²) in [6, 6.07) is 34.0. The van der Waals surface area contributed by atoms with E-state index in [0.717, 1.165) is 114 Å². The largest absolute Gasteiger partial charge is 0.748 e. The van der Waals surface area contributed by atoms with Gasteiger partial charge in [-0.3, -0.25) is 10.1 Å². The number of hydrogen-bond acceptors (Lipinski definition) is 18. The highest BCUT2D eigenvalue weighted by atomic mass is 32.2. The van der Waals surface area contributed by atoms with E-state index >= 15 is 0 Å². The molecule has 2 aromatic heterocycles. The van der Waals surface area contributed by atoms with Gasteiger partial charge in [-0.1, -0.05) is 68.5 Å². The van der Waals surface area contributed by atoms with E-state index in [1.54, 1.807) is 12.5 Å². The summed E-state index contributed by atoms with van der Waals surface area (Å²) >= 11 is 1.73. The molecule has 0 radical (unpaired) electrons. The first-order valence-electron chi connectivity index (χ1n) is 17.4. The Kier molecular flexibility index (Phi) is 11.1. The second kappa shape index (κ2) is 16.1. The Morgan fingerprint density at radius 3 is 1.20 bits per heavy atom. The van der Waals surface area contributed by atoms with Gasteiger partial charge in [0.1, 0.15) is 0 Å². The molecule has 12 rings (SSSR count). The molecule has 314 valence electrons. The van der Waals surface area contributed by atoms with Crippen LogP contribution in [-0.2, 0) is 44.9 Å². The summed E-state index contributed by atoms with van der Waals surface area (Å²) < 4.78 is 71.2. The van der Waals surface area contributed by atoms with Crippen molar-refractivity contribution in [2.24, 2.45) is 20.0 Å². The zero-order valence-electron chi connectivity index (χ0n) is 31.8. The minimum atomic E-state index is -3.92. The predicted octanol–water partition coefficient (Wildman–Crippen LogP) is 1.01. The molecule has 0 fully saturated rings. The van der Waals surface area contributed by atoms with E-state index in [1.165, 1.54) is 0 Å². The van der Waals surface area contributed by atoms with Crippen LogP contribution in [0.3, 0.4) is 0 Å². The van der Waals surface area contributed by atoms with Crippen LogP contribution in [-0.4, -0.2) is 92.6 Å². The standard InChI is InChI=1S/C33H16N8.4CH4O3S/c1-2-10-18-17(9-1)25-34-27-19-11-3-4-12-20(19)29-36-31-23-15-7-8-16-24(23)32-37-30-22-14-6-5-13-21(22)28-35-26(18)38(25)33(39(27)29,40(28)30)41(31)32;2*1-5(2,3)4;2*1-5-4-3-2/h1-16H;2*1H3,(H,2,3,4);2*2H,1H3/q+2;;;;/p-4. The van der Waals surface area contributed by atoms with Crippen LogP contribution in [0.25, 0.3) is 21.5 Å². The fraction of sp³-hybridized carbons (Fsp3) is 0.135. The van der Waals surface area contributed by atoms with Gasteiger partial charge in [-0.2, -0.15) is 17.8 Å². The molecule has 6 aliphatic rings. The third kappa shape index (κ3) is 7.01. The van der Waals surface area contributed by atoms with Crippen molar-refractivity contribution < 1.29 is 64.4 Å². The quantitative estimate of drug-likeness (QED) is 0.0786. The molecule has 4 aromatic carbocycles. The smallest absolute Gasteiger partial charge is 0.404 e. The number of nitrogens with zero attached hydrogens (tertiary/aromatic N) is 8. The molecule has 0 saturated heterocycles. The van der Waals surface area contributed by atoms with Crippen molar-refractivity contribution in [3.05, 3.63) is 130 Å². The van der Waals surface area contributed by atoms with E-state index in [2.05, 4.69) is 134 Å². The van der Waals surface area contributed by atoms with Gasteiger partial charge in [0.2, 0.25) is 22.6 Å². The van der Waals surface area contributed by atoms with Crippen molar-refractivity contribution in [2.45, 2.75) is 5.91 Å². The Bertz CT molecular complexity index is 3080. The van der Waals surface area contributed by atoms with E-state index in [4.69, 9.17) is 56.4 Å². The fourth-order valence-electron chi connectivity index (χ4n) is 7.93. The van der Waals surface area contributed by atoms with Crippen molar-refractivity contribution in [3.8, 4) is 0 Å². The summed E-state index contributed by atoms with van der Waals surface area (Å²) in [5, 5.41) is 27.7. The van der Waals surface area contributed by atoms with Crippen LogP contribution in [0.2, 0.25) is 0 Å². The highest BCUT2D eigenvalue weighted by Gasteiger charge is 2.69. The second-order valence-electron chi connectivity index (χ2n) is 13.2. The lowest BCUT2D eigenvalue weighted by atomic mass is 10.1. The lowest BCUT2D eigenvalue weighted by Crippen LogP contribution is -2.71. The highest BCUT2D eigenvalue weighted by molar-refractivity contribution is 7.94. The fourth-order valence-corrected chi connectivity index (χ4v) is 8.04. The van der Waals surface area contributed by atoms with E-state index in [9.17, 15) is 0 Å². The Morgan fingerprint density at radius 1 is 0.541 bits per heavy atom. The van der Waals surface area contributed by atoms with Crippen molar-refractivity contribution in [1.82, 2.24) is 9.13 Å². The molecule has 24 heteroatoms. The number of aliphatic imine (C=N–C) groups is 2. The zero-order chi connectivity index (χ0) is 43.4. The summed E-state index contributed by atoms with van der Waals surface area (Å²) in [6.07, 6.45) is 4.37. The zero-order valence-corrected chi connectivity index (χ0v) is 35.1. The molecule has 0 saturated carbocycles. The minimum Gasteiger partial charge on any atom is -0.748 e. The number of hydrogen-bond donors (Lipinski definition) is 0. The summed E-state index contributed by atoms with van der Waals surface area (Å²) in [4.78, 5) is 21.7. The van der Waals surface area contributed by atoms with Crippen LogP contribution in [0.15, 0.2) is 117 Å². The Morgan fingerprint density at radius 2 is 0.869 bits per heavy atom. The topological polar surface area (TPSA) is 263 Å². The van der Waals surface area contributed by atoms with Gasteiger partial charge in [0.05, 0.1) is 42.5 Å². The molecular weight excluding hydrogens is 877 g/mol. The average molecular weight is 905 g/mol.